The van der Waals surface area contributed by atoms with Crippen LogP contribution in [0.15, 0.2) is 68.3 Å². The van der Waals surface area contributed by atoms with E-state index in [0.717, 1.165) is 14.2 Å². The average Bonchev–Trinajstić information content (AvgIpc) is 2.94. The van der Waals surface area contributed by atoms with Crippen LogP contribution in [0.25, 0.3) is 0 Å². The van der Waals surface area contributed by atoms with Crippen LogP contribution in [0.2, 0.25) is 0 Å². The first kappa shape index (κ1) is 45.7. The van der Waals surface area contributed by atoms with Crippen LogP contribution in [0.4, 0.5) is 11.4 Å². The molecule has 0 saturated carbocycles. The summed E-state index contributed by atoms with van der Waals surface area (Å²) in [6, 6.07) is 10.8. The summed E-state index contributed by atoms with van der Waals surface area (Å²) in [6.07, 6.45) is -1.43. The van der Waals surface area contributed by atoms with E-state index >= 15 is 0 Å². The third kappa shape index (κ3) is 19.3. The largest absolute Gasteiger partial charge is 2.00 e. The topological polar surface area (TPSA) is 228 Å². The van der Waals surface area contributed by atoms with Gasteiger partial charge in [0, 0.05) is 0 Å². The molecule has 0 saturated heterocycles. The number of hydrogen-bond donors (Lipinski definition) is 1. The van der Waals surface area contributed by atoms with Crippen LogP contribution in [0.1, 0.15) is 23.6 Å². The van der Waals surface area contributed by atoms with Gasteiger partial charge in [0.15, 0.2) is 12.2 Å². The van der Waals surface area contributed by atoms with Crippen molar-refractivity contribution in [2.45, 2.75) is 30.6 Å². The second-order valence-electron chi connectivity index (χ2n) is 6.86. The molecular formula is C24H35CaMgN3O12S2. The monoisotopic (exact) mass is 685 g/mol. The van der Waals surface area contributed by atoms with Crippen LogP contribution in [0.5, 0.6) is 0 Å². The fourth-order valence-electron chi connectivity index (χ4n) is 2.31. The van der Waals surface area contributed by atoms with Crippen LogP contribution in [0, 0.1) is 0 Å². The number of carbonyl (C=O) groups is 1. The van der Waals surface area contributed by atoms with E-state index in [1.165, 1.54) is 48.5 Å². The van der Waals surface area contributed by atoms with E-state index < -0.39 is 32.4 Å². The minimum Gasteiger partial charge on any atom is -1.00 e. The molecule has 43 heavy (non-hydrogen) atoms. The zero-order valence-corrected chi connectivity index (χ0v) is 29.8. The summed E-state index contributed by atoms with van der Waals surface area (Å²) in [6.45, 7) is 5.94. The Bertz CT molecular complexity index is 1260. The Morgan fingerprint density at radius 1 is 0.721 bits per heavy atom. The van der Waals surface area contributed by atoms with Crippen molar-refractivity contribution in [2.24, 2.45) is 15.7 Å². The number of hydrogen-bond acceptors (Lipinski definition) is 15. The molecular weight excluding hydrogens is 651 g/mol. The second kappa shape index (κ2) is 24.6. The number of nitrogens with zero attached hydrogens (tertiary/aromatic N) is 2. The first-order valence-electron chi connectivity index (χ1n) is 11.7. The molecule has 0 aliphatic rings. The Hall–Kier alpha value is -1.74. The van der Waals surface area contributed by atoms with E-state index in [-0.39, 0.29) is 99.2 Å². The predicted octanol–water partition coefficient (Wildman–Crippen LogP) is -0.216. The Balaban J connectivity index is -0.000000183. The third-order valence-electron chi connectivity index (χ3n) is 4.14. The van der Waals surface area contributed by atoms with Gasteiger partial charge in [0.25, 0.3) is 20.2 Å². The molecule has 19 heteroatoms. The van der Waals surface area contributed by atoms with Crippen molar-refractivity contribution in [1.29, 1.82) is 0 Å². The molecule has 2 N–H and O–H groups in total. The summed E-state index contributed by atoms with van der Waals surface area (Å²) in [7, 11) is -5.27. The van der Waals surface area contributed by atoms with Gasteiger partial charge in [0.2, 0.25) is 0 Å². The maximum atomic E-state index is 11.3. The number of esters is 1. The van der Waals surface area contributed by atoms with Crippen molar-refractivity contribution in [3.8, 4) is 0 Å². The minimum atomic E-state index is -3.71. The molecule has 0 aliphatic heterocycles. The number of rotatable bonds is 10. The molecule has 0 bridgehead atoms. The molecule has 0 spiro atoms. The van der Waals surface area contributed by atoms with Crippen LogP contribution in [-0.4, -0.2) is 136 Å². The number of carbonyl (C=O) groups excluding carboxylic acids is 1. The second-order valence-corrected chi connectivity index (χ2v) is 10.3. The molecule has 2 rings (SSSR count). The molecule has 0 unspecified atom stereocenters. The van der Waals surface area contributed by atoms with Crippen LogP contribution in [0.3, 0.4) is 0 Å². The van der Waals surface area contributed by atoms with Gasteiger partial charge in [-0.3, -0.25) is 13.2 Å². The van der Waals surface area contributed by atoms with Gasteiger partial charge < -0.3 is 33.0 Å². The first-order chi connectivity index (χ1) is 19.3. The molecule has 0 radical (unpaired) electrons. The van der Waals surface area contributed by atoms with Gasteiger partial charge in [0.05, 0.1) is 48.5 Å². The summed E-state index contributed by atoms with van der Waals surface area (Å²) in [5.74, 6) is -0.345. The van der Waals surface area contributed by atoms with Gasteiger partial charge in [0.1, 0.15) is 0 Å². The van der Waals surface area contributed by atoms with Gasteiger partial charge >= 0.3 is 66.8 Å². The molecule has 234 valence electrons. The molecule has 0 aliphatic carbocycles. The van der Waals surface area contributed by atoms with Gasteiger partial charge in [-0.1, -0.05) is 13.8 Å². The molecule has 0 heterocycles. The Labute approximate surface area is 300 Å². The maximum absolute atomic E-state index is 11.3. The molecule has 0 atom stereocenters. The van der Waals surface area contributed by atoms with Crippen LogP contribution in [-0.2, 0) is 47.6 Å². The van der Waals surface area contributed by atoms with E-state index in [9.17, 15) is 31.8 Å². The molecule has 0 fully saturated rings. The van der Waals surface area contributed by atoms with Crippen molar-refractivity contribution in [3.05, 3.63) is 48.5 Å². The van der Waals surface area contributed by atoms with Crippen molar-refractivity contribution in [2.75, 3.05) is 40.6 Å². The number of aliphatic imine (C=N–C) groups is 2. The van der Waals surface area contributed by atoms with Gasteiger partial charge in [-0.2, -0.15) is 16.8 Å². The zero-order chi connectivity index (χ0) is 31.5. The van der Waals surface area contributed by atoms with Crippen molar-refractivity contribution in [3.63, 3.8) is 0 Å². The predicted molar refractivity (Wildman–Crippen MR) is 158 cm³/mol. The number of nitrogens with two attached hydrogens (primary N) is 1. The molecule has 15 nitrogen and oxygen atoms in total. The zero-order valence-electron chi connectivity index (χ0n) is 26.5. The Kier molecular flexibility index (Phi) is 26.1. The van der Waals surface area contributed by atoms with Crippen molar-refractivity contribution >= 4 is 111 Å². The molecule has 2 aromatic carbocycles. The fourth-order valence-corrected chi connectivity index (χ4v) is 3.63. The molecule has 0 aromatic heterocycles. The van der Waals surface area contributed by atoms with E-state index in [2.05, 4.69) is 32.6 Å². The standard InChI is InChI=1S/2C10H13NO5S.C4H9NO2.Ca.Mg.2H/c2*1-3-16-10(12)11-8-4-6-9(7-5-8)17(13,14)15-2;1-2-7-4(6)3-5;;;;/h2*4-7H,3H2,1-2H3,(H,11,12);2-3,5H2,1H3;;;;/q;;;2*+2;2*-1/p-2. The van der Waals surface area contributed by atoms with E-state index in [1.807, 2.05) is 0 Å². The Morgan fingerprint density at radius 2 is 1.02 bits per heavy atom. The third-order valence-corrected chi connectivity index (χ3v) is 6.71. The SMILES string of the molecule is CCOC(=O)CN.CCOC([O-])=Nc1ccc(S(=O)(=O)OC)cc1.CCOC([O-])=Nc1ccc(S(=O)(=O)OC)cc1.[Ca+2].[H-].[H-].[Mg+2]. The summed E-state index contributed by atoms with van der Waals surface area (Å²) < 4.78 is 67.5. The summed E-state index contributed by atoms with van der Waals surface area (Å²) in [5, 5.41) is 22.0. The minimum absolute atomic E-state index is 0. The van der Waals surface area contributed by atoms with Crippen molar-refractivity contribution < 1.29 is 57.3 Å². The molecule has 2 aromatic rings. The van der Waals surface area contributed by atoms with E-state index in [0.29, 0.717) is 18.0 Å². The van der Waals surface area contributed by atoms with E-state index in [1.54, 1.807) is 20.8 Å². The van der Waals surface area contributed by atoms with Crippen LogP contribution >= 0.6 is 0 Å². The van der Waals surface area contributed by atoms with Gasteiger partial charge in [-0.05, 0) is 68.7 Å². The summed E-state index contributed by atoms with van der Waals surface area (Å²) >= 11 is 0. The smallest absolute Gasteiger partial charge is 1.00 e. The summed E-state index contributed by atoms with van der Waals surface area (Å²) in [4.78, 5) is 17.3. The Morgan fingerprint density at radius 3 is 1.23 bits per heavy atom. The first-order valence-corrected chi connectivity index (χ1v) is 14.6. The van der Waals surface area contributed by atoms with Crippen molar-refractivity contribution in [1.82, 2.24) is 0 Å². The van der Waals surface area contributed by atoms with E-state index in [4.69, 9.17) is 5.73 Å². The maximum Gasteiger partial charge on any atom is 2.00 e. The summed E-state index contributed by atoms with van der Waals surface area (Å²) in [5.41, 5.74) is 5.52. The molecule has 0 amide bonds. The fraction of sp³-hybridized carbons (Fsp3) is 0.375. The number of ether oxygens (including phenoxy) is 3. The number of benzene rings is 2. The average molecular weight is 686 g/mol. The quantitative estimate of drug-likeness (QED) is 0.112. The van der Waals surface area contributed by atoms with Gasteiger partial charge in [-0.25, -0.2) is 9.98 Å². The van der Waals surface area contributed by atoms with Crippen LogP contribution < -0.4 is 15.9 Å². The normalized spacial score (nSPS) is 11.2. The van der Waals surface area contributed by atoms with Gasteiger partial charge in [-0.15, -0.1) is 0 Å².